The Labute approximate surface area is 111 Å². The van der Waals surface area contributed by atoms with Crippen molar-refractivity contribution in [2.75, 3.05) is 26.7 Å². The molecule has 0 radical (unpaired) electrons. The van der Waals surface area contributed by atoms with Crippen LogP contribution in [0.15, 0.2) is 24.5 Å². The van der Waals surface area contributed by atoms with Gasteiger partial charge in [-0.15, -0.1) is 0 Å². The van der Waals surface area contributed by atoms with E-state index in [1.165, 1.54) is 50.9 Å². The molecule has 1 aliphatic heterocycles. The lowest BCUT2D eigenvalue weighted by atomic mass is 9.93. The highest BCUT2D eigenvalue weighted by atomic mass is 15.1. The van der Waals surface area contributed by atoms with Gasteiger partial charge in [-0.05, 0) is 76.0 Å². The molecule has 1 N–H and O–H groups in total. The molecular formula is C15H25N3. The topological polar surface area (TPSA) is 28.2 Å². The van der Waals surface area contributed by atoms with Crippen molar-refractivity contribution in [1.29, 1.82) is 0 Å². The van der Waals surface area contributed by atoms with Crippen LogP contribution in [0, 0.1) is 5.92 Å². The first-order chi connectivity index (χ1) is 8.84. The van der Waals surface area contributed by atoms with Gasteiger partial charge in [0.05, 0.1) is 0 Å². The Morgan fingerprint density at radius 1 is 1.28 bits per heavy atom. The molecule has 100 valence electrons. The molecule has 0 amide bonds. The van der Waals surface area contributed by atoms with E-state index in [9.17, 15) is 0 Å². The highest BCUT2D eigenvalue weighted by molar-refractivity contribution is 5.09. The summed E-state index contributed by atoms with van der Waals surface area (Å²) in [6.07, 6.45) is 9.20. The van der Waals surface area contributed by atoms with Gasteiger partial charge in [0.1, 0.15) is 0 Å². The summed E-state index contributed by atoms with van der Waals surface area (Å²) in [4.78, 5) is 6.46. The summed E-state index contributed by atoms with van der Waals surface area (Å²) in [5.74, 6) is 0.959. The first-order valence-corrected chi connectivity index (χ1v) is 7.13. The van der Waals surface area contributed by atoms with Crippen molar-refractivity contribution in [3.63, 3.8) is 0 Å². The summed E-state index contributed by atoms with van der Waals surface area (Å²) >= 11 is 0. The Bertz CT molecular complexity index is 320. The van der Waals surface area contributed by atoms with E-state index in [0.717, 1.165) is 12.5 Å². The van der Waals surface area contributed by atoms with Crippen molar-refractivity contribution < 1.29 is 0 Å². The minimum Gasteiger partial charge on any atom is -0.317 e. The second-order valence-electron chi connectivity index (χ2n) is 5.43. The number of hydrogen-bond donors (Lipinski definition) is 1. The summed E-state index contributed by atoms with van der Waals surface area (Å²) < 4.78 is 0. The molecule has 0 aliphatic carbocycles. The largest absolute Gasteiger partial charge is 0.317 e. The van der Waals surface area contributed by atoms with Crippen LogP contribution in [-0.4, -0.2) is 36.6 Å². The van der Waals surface area contributed by atoms with Crippen molar-refractivity contribution in [2.24, 2.45) is 5.92 Å². The Kier molecular flexibility index (Phi) is 5.62. The number of rotatable bonds is 6. The summed E-state index contributed by atoms with van der Waals surface area (Å²) in [6.45, 7) is 4.68. The third-order valence-corrected chi connectivity index (χ3v) is 3.81. The number of nitrogens with one attached hydrogen (secondary N) is 1. The normalized spacial score (nSPS) is 17.2. The van der Waals surface area contributed by atoms with Gasteiger partial charge in [0, 0.05) is 18.9 Å². The lowest BCUT2D eigenvalue weighted by Crippen LogP contribution is -2.28. The van der Waals surface area contributed by atoms with Crippen LogP contribution in [-0.2, 0) is 6.54 Å². The fraction of sp³-hybridized carbons (Fsp3) is 0.667. The van der Waals surface area contributed by atoms with Crippen LogP contribution in [0.4, 0.5) is 0 Å². The molecular weight excluding hydrogens is 222 g/mol. The molecule has 0 bridgehead atoms. The maximum absolute atomic E-state index is 4.05. The molecule has 1 aromatic rings. The molecule has 2 rings (SSSR count). The van der Waals surface area contributed by atoms with Gasteiger partial charge in [0.15, 0.2) is 0 Å². The maximum Gasteiger partial charge on any atom is 0.0271 e. The fourth-order valence-electron chi connectivity index (χ4n) is 2.70. The molecule has 0 spiro atoms. The van der Waals surface area contributed by atoms with Gasteiger partial charge in [-0.25, -0.2) is 0 Å². The van der Waals surface area contributed by atoms with E-state index in [-0.39, 0.29) is 0 Å². The van der Waals surface area contributed by atoms with Crippen molar-refractivity contribution in [2.45, 2.75) is 32.2 Å². The lowest BCUT2D eigenvalue weighted by Gasteiger charge is -2.23. The van der Waals surface area contributed by atoms with Crippen LogP contribution < -0.4 is 5.32 Å². The smallest absolute Gasteiger partial charge is 0.0271 e. The Balaban J connectivity index is 1.61. The van der Waals surface area contributed by atoms with E-state index in [0.29, 0.717) is 0 Å². The molecule has 0 atom stereocenters. The average Bonchev–Trinajstić information content (AvgIpc) is 2.41. The zero-order valence-electron chi connectivity index (χ0n) is 11.4. The first-order valence-electron chi connectivity index (χ1n) is 7.13. The van der Waals surface area contributed by atoms with E-state index < -0.39 is 0 Å². The molecule has 0 unspecified atom stereocenters. The molecule has 2 heterocycles. The molecule has 0 aromatic carbocycles. The number of pyridine rings is 1. The Morgan fingerprint density at radius 3 is 2.72 bits per heavy atom. The molecule has 1 fully saturated rings. The van der Waals surface area contributed by atoms with Crippen LogP contribution >= 0.6 is 0 Å². The minimum absolute atomic E-state index is 0.959. The van der Waals surface area contributed by atoms with Gasteiger partial charge >= 0.3 is 0 Å². The van der Waals surface area contributed by atoms with Crippen molar-refractivity contribution >= 4 is 0 Å². The number of aromatic nitrogens is 1. The molecule has 1 saturated heterocycles. The maximum atomic E-state index is 4.05. The van der Waals surface area contributed by atoms with E-state index in [1.807, 2.05) is 12.4 Å². The first kappa shape index (κ1) is 13.5. The third kappa shape index (κ3) is 4.75. The van der Waals surface area contributed by atoms with Gasteiger partial charge in [-0.3, -0.25) is 4.98 Å². The summed E-state index contributed by atoms with van der Waals surface area (Å²) in [5, 5.41) is 3.43. The van der Waals surface area contributed by atoms with Gasteiger partial charge in [-0.1, -0.05) is 0 Å². The number of piperidine rings is 1. The highest BCUT2D eigenvalue weighted by Crippen LogP contribution is 2.17. The number of hydrogen-bond acceptors (Lipinski definition) is 3. The summed E-state index contributed by atoms with van der Waals surface area (Å²) in [5.41, 5.74) is 1.36. The van der Waals surface area contributed by atoms with Crippen LogP contribution in [0.1, 0.15) is 31.2 Å². The zero-order chi connectivity index (χ0) is 12.6. The van der Waals surface area contributed by atoms with Gasteiger partial charge in [0.25, 0.3) is 0 Å². The second-order valence-corrected chi connectivity index (χ2v) is 5.43. The average molecular weight is 247 g/mol. The lowest BCUT2D eigenvalue weighted by molar-refractivity contribution is 0.286. The summed E-state index contributed by atoms with van der Waals surface area (Å²) in [6, 6.07) is 4.20. The van der Waals surface area contributed by atoms with Crippen LogP contribution in [0.25, 0.3) is 0 Å². The van der Waals surface area contributed by atoms with Crippen LogP contribution in [0.2, 0.25) is 0 Å². The molecule has 1 aliphatic rings. The van der Waals surface area contributed by atoms with Crippen molar-refractivity contribution in [1.82, 2.24) is 15.2 Å². The predicted octanol–water partition coefficient (Wildman–Crippen LogP) is 2.29. The van der Waals surface area contributed by atoms with E-state index in [1.54, 1.807) is 0 Å². The molecule has 3 nitrogen and oxygen atoms in total. The SMILES string of the molecule is CN(CCCC1CCNCC1)Cc1ccncc1. The predicted molar refractivity (Wildman–Crippen MR) is 75.4 cm³/mol. The quantitative estimate of drug-likeness (QED) is 0.836. The highest BCUT2D eigenvalue weighted by Gasteiger charge is 2.12. The second kappa shape index (κ2) is 7.49. The van der Waals surface area contributed by atoms with Crippen LogP contribution in [0.3, 0.4) is 0 Å². The van der Waals surface area contributed by atoms with E-state index in [2.05, 4.69) is 34.4 Å². The third-order valence-electron chi connectivity index (χ3n) is 3.81. The number of nitrogens with zero attached hydrogens (tertiary/aromatic N) is 2. The minimum atomic E-state index is 0.959. The Morgan fingerprint density at radius 2 is 2.00 bits per heavy atom. The molecule has 1 aromatic heterocycles. The molecule has 0 saturated carbocycles. The van der Waals surface area contributed by atoms with Crippen LogP contribution in [0.5, 0.6) is 0 Å². The Hall–Kier alpha value is -0.930. The zero-order valence-corrected chi connectivity index (χ0v) is 11.4. The van der Waals surface area contributed by atoms with Gasteiger partial charge in [0.2, 0.25) is 0 Å². The van der Waals surface area contributed by atoms with E-state index in [4.69, 9.17) is 0 Å². The fourth-order valence-corrected chi connectivity index (χ4v) is 2.70. The van der Waals surface area contributed by atoms with E-state index >= 15 is 0 Å². The van der Waals surface area contributed by atoms with Crippen molar-refractivity contribution in [3.8, 4) is 0 Å². The monoisotopic (exact) mass is 247 g/mol. The van der Waals surface area contributed by atoms with Gasteiger partial charge in [-0.2, -0.15) is 0 Å². The van der Waals surface area contributed by atoms with Gasteiger partial charge < -0.3 is 10.2 Å². The summed E-state index contributed by atoms with van der Waals surface area (Å²) in [7, 11) is 2.21. The molecule has 18 heavy (non-hydrogen) atoms. The standard InChI is InChI=1S/C15H25N3/c1-18(13-15-6-10-17-11-7-15)12-2-3-14-4-8-16-9-5-14/h6-7,10-11,14,16H,2-5,8-9,12-13H2,1H3. The van der Waals surface area contributed by atoms with Crippen molar-refractivity contribution in [3.05, 3.63) is 30.1 Å². The molecule has 3 heteroatoms.